The van der Waals surface area contributed by atoms with Gasteiger partial charge in [0, 0.05) is 16.7 Å². The first-order valence-corrected chi connectivity index (χ1v) is 10.6. The number of thiophene rings is 1. The van der Waals surface area contributed by atoms with E-state index in [0.717, 1.165) is 17.8 Å². The predicted molar refractivity (Wildman–Crippen MR) is 123 cm³/mol. The van der Waals surface area contributed by atoms with Crippen LogP contribution in [0.4, 0.5) is 5.00 Å². The molecule has 0 amide bonds. The minimum Gasteiger partial charge on any atom is -0.345 e. The fraction of sp³-hybridized carbons (Fsp3) is 0.500. The van der Waals surface area contributed by atoms with Gasteiger partial charge in [-0.2, -0.15) is 0 Å². The highest BCUT2D eigenvalue weighted by Gasteiger charge is 2.13. The van der Waals surface area contributed by atoms with Crippen LogP contribution in [0, 0.1) is 6.92 Å². The van der Waals surface area contributed by atoms with Crippen molar-refractivity contribution in [3.05, 3.63) is 52.2 Å². The Kier molecular flexibility index (Phi) is 10.9. The Morgan fingerprint density at radius 2 is 1.78 bits per heavy atom. The topological polar surface area (TPSA) is 30.9 Å². The molecule has 1 aliphatic heterocycles. The molecule has 150 valence electrons. The Hall–Kier alpha value is -1.69. The first-order valence-electron chi connectivity index (χ1n) is 9.74. The number of anilines is 1. The first kappa shape index (κ1) is 23.3. The summed E-state index contributed by atoms with van der Waals surface area (Å²) in [6, 6.07) is 2.17. The van der Waals surface area contributed by atoms with Gasteiger partial charge in [0.05, 0.1) is 11.4 Å². The van der Waals surface area contributed by atoms with Gasteiger partial charge in [-0.05, 0) is 73.2 Å². The molecule has 0 aromatic carbocycles. The van der Waals surface area contributed by atoms with E-state index in [1.165, 1.54) is 35.0 Å². The maximum atomic E-state index is 4.53. The Balaban J connectivity index is 0.000000286. The molecule has 2 heterocycles. The lowest BCUT2D eigenvalue weighted by Crippen LogP contribution is -2.20. The summed E-state index contributed by atoms with van der Waals surface area (Å²) in [6.07, 6.45) is 12.6. The number of nitrogens with one attached hydrogen (secondary N) is 1. The van der Waals surface area contributed by atoms with Crippen LogP contribution in [0.2, 0.25) is 0 Å². The number of aliphatic imine (C=N–C) groups is 1. The minimum atomic E-state index is 0.945. The van der Waals surface area contributed by atoms with Gasteiger partial charge in [0.15, 0.2) is 0 Å². The van der Waals surface area contributed by atoms with Crippen LogP contribution in [0.1, 0.15) is 37.1 Å². The van der Waals surface area contributed by atoms with Crippen LogP contribution in [-0.4, -0.2) is 57.3 Å². The van der Waals surface area contributed by atoms with Crippen molar-refractivity contribution in [2.24, 2.45) is 4.99 Å². The third-order valence-electron chi connectivity index (χ3n) is 3.81. The Morgan fingerprint density at radius 1 is 1.11 bits per heavy atom. The van der Waals surface area contributed by atoms with Gasteiger partial charge in [0.25, 0.3) is 0 Å². The molecule has 27 heavy (non-hydrogen) atoms. The molecule has 0 bridgehead atoms. The Bertz CT molecular complexity index is 670. The third-order valence-corrected chi connectivity index (χ3v) is 4.79. The first-order chi connectivity index (χ1) is 13.0. The molecular weight excluding hydrogens is 352 g/mol. The van der Waals surface area contributed by atoms with E-state index in [0.29, 0.717) is 0 Å². The Labute approximate surface area is 170 Å². The molecule has 1 aliphatic carbocycles. The van der Waals surface area contributed by atoms with Crippen LogP contribution in [0.15, 0.2) is 46.8 Å². The molecule has 1 aromatic heterocycles. The van der Waals surface area contributed by atoms with Gasteiger partial charge in [-0.15, -0.1) is 11.3 Å². The van der Waals surface area contributed by atoms with E-state index < -0.39 is 0 Å². The highest BCUT2D eigenvalue weighted by molar-refractivity contribution is 7.16. The van der Waals surface area contributed by atoms with E-state index in [-0.39, 0.29) is 0 Å². The van der Waals surface area contributed by atoms with Crippen molar-refractivity contribution >= 4 is 22.6 Å². The van der Waals surface area contributed by atoms with Gasteiger partial charge >= 0.3 is 0 Å². The van der Waals surface area contributed by atoms with Crippen molar-refractivity contribution in [1.29, 1.82) is 0 Å². The maximum absolute atomic E-state index is 4.53. The largest absolute Gasteiger partial charge is 0.345 e. The number of aryl methyl sites for hydroxylation is 1. The van der Waals surface area contributed by atoms with Crippen LogP contribution in [0.5, 0.6) is 0 Å². The second kappa shape index (κ2) is 12.7. The molecule has 0 spiro atoms. The standard InChI is InChI=1S/C13H12N2S.C7H18N2.C2H6/c1-9-7-10-8-14-11-5-3-2-4-6-12(11)15-13(10)16-9;1-8(2)6-5-7-9(3)4;1-2/h2,4-8,15H,3H2,1H3;5-7H2,1-4H3;1-2H3. The summed E-state index contributed by atoms with van der Waals surface area (Å²) in [7, 11) is 8.43. The lowest BCUT2D eigenvalue weighted by atomic mass is 10.3. The second-order valence-corrected chi connectivity index (χ2v) is 8.07. The van der Waals surface area contributed by atoms with Gasteiger partial charge in [-0.1, -0.05) is 32.1 Å². The van der Waals surface area contributed by atoms with E-state index in [1.54, 1.807) is 11.3 Å². The molecule has 0 unspecified atom stereocenters. The van der Waals surface area contributed by atoms with E-state index in [1.807, 2.05) is 20.1 Å². The number of fused-ring (bicyclic) bond motifs is 2. The van der Waals surface area contributed by atoms with Gasteiger partial charge in [0.1, 0.15) is 5.00 Å². The van der Waals surface area contributed by atoms with Gasteiger partial charge in [-0.25, -0.2) is 0 Å². The zero-order chi connectivity index (χ0) is 20.2. The quantitative estimate of drug-likeness (QED) is 0.773. The number of hydrogen-bond donors (Lipinski definition) is 1. The van der Waals surface area contributed by atoms with E-state index in [4.69, 9.17) is 0 Å². The Morgan fingerprint density at radius 3 is 2.41 bits per heavy atom. The number of hydrogen-bond acceptors (Lipinski definition) is 5. The highest BCUT2D eigenvalue weighted by atomic mass is 32.1. The summed E-state index contributed by atoms with van der Waals surface area (Å²) in [5.74, 6) is 0. The molecule has 1 aromatic rings. The zero-order valence-corrected chi connectivity index (χ0v) is 18.9. The molecule has 0 radical (unpaired) electrons. The predicted octanol–water partition coefficient (Wildman–Crippen LogP) is 5.15. The fourth-order valence-electron chi connectivity index (χ4n) is 2.54. The SMILES string of the molecule is CC.CN(C)CCCN(C)C.Cc1cc2c(s1)NC1=CC=CCC=C1N=C2. The average Bonchev–Trinajstić information content (AvgIpc) is 2.76. The van der Waals surface area contributed by atoms with E-state index in [2.05, 4.69) is 85.6 Å². The lowest BCUT2D eigenvalue weighted by molar-refractivity contribution is 0.340. The van der Waals surface area contributed by atoms with Crippen molar-refractivity contribution < 1.29 is 0 Å². The summed E-state index contributed by atoms with van der Waals surface area (Å²) in [5.41, 5.74) is 3.30. The average molecular weight is 389 g/mol. The summed E-state index contributed by atoms with van der Waals surface area (Å²) in [6.45, 7) is 8.50. The maximum Gasteiger partial charge on any atom is 0.102 e. The third kappa shape index (κ3) is 8.69. The fourth-order valence-corrected chi connectivity index (χ4v) is 3.44. The molecule has 2 aliphatic rings. The van der Waals surface area contributed by atoms with Crippen molar-refractivity contribution in [2.45, 2.75) is 33.6 Å². The number of nitrogens with zero attached hydrogens (tertiary/aromatic N) is 3. The van der Waals surface area contributed by atoms with Crippen LogP contribution in [0.25, 0.3) is 0 Å². The molecule has 0 saturated heterocycles. The van der Waals surface area contributed by atoms with Gasteiger partial charge < -0.3 is 15.1 Å². The molecular formula is C22H36N4S. The van der Waals surface area contributed by atoms with Crippen molar-refractivity contribution in [3.63, 3.8) is 0 Å². The van der Waals surface area contributed by atoms with Crippen LogP contribution < -0.4 is 5.32 Å². The molecule has 0 saturated carbocycles. The van der Waals surface area contributed by atoms with E-state index >= 15 is 0 Å². The molecule has 4 nitrogen and oxygen atoms in total. The summed E-state index contributed by atoms with van der Waals surface area (Å²) >= 11 is 1.77. The number of rotatable bonds is 4. The highest BCUT2D eigenvalue weighted by Crippen LogP contribution is 2.32. The number of allylic oxidation sites excluding steroid dienone is 4. The normalized spacial score (nSPS) is 14.4. The summed E-state index contributed by atoms with van der Waals surface area (Å²) in [5, 5.41) is 4.64. The van der Waals surface area contributed by atoms with Crippen molar-refractivity contribution in [3.8, 4) is 0 Å². The van der Waals surface area contributed by atoms with Crippen LogP contribution >= 0.6 is 11.3 Å². The molecule has 3 rings (SSSR count). The molecule has 1 N–H and O–H groups in total. The van der Waals surface area contributed by atoms with Crippen LogP contribution in [-0.2, 0) is 0 Å². The molecule has 0 atom stereocenters. The smallest absolute Gasteiger partial charge is 0.102 e. The zero-order valence-electron chi connectivity index (χ0n) is 18.0. The molecule has 5 heteroatoms. The van der Waals surface area contributed by atoms with Gasteiger partial charge in [0.2, 0.25) is 0 Å². The minimum absolute atomic E-state index is 0.945. The van der Waals surface area contributed by atoms with Gasteiger partial charge in [-0.3, -0.25) is 4.99 Å². The monoisotopic (exact) mass is 388 g/mol. The summed E-state index contributed by atoms with van der Waals surface area (Å²) in [4.78, 5) is 10.3. The summed E-state index contributed by atoms with van der Waals surface area (Å²) < 4.78 is 0. The second-order valence-electron chi connectivity index (χ2n) is 6.82. The van der Waals surface area contributed by atoms with Crippen molar-refractivity contribution in [2.75, 3.05) is 46.6 Å². The molecule has 0 fully saturated rings. The lowest BCUT2D eigenvalue weighted by Gasteiger charge is -2.12. The van der Waals surface area contributed by atoms with Crippen molar-refractivity contribution in [1.82, 2.24) is 9.80 Å². The van der Waals surface area contributed by atoms with E-state index in [9.17, 15) is 0 Å². The van der Waals surface area contributed by atoms with Crippen LogP contribution in [0.3, 0.4) is 0 Å².